The number of thiophene rings is 1. The lowest BCUT2D eigenvalue weighted by atomic mass is 9.77. The summed E-state index contributed by atoms with van der Waals surface area (Å²) in [6.45, 7) is 4.22. The molecule has 1 unspecified atom stereocenters. The summed E-state index contributed by atoms with van der Waals surface area (Å²) in [6, 6.07) is 12.4. The number of benzene rings is 1. The van der Waals surface area contributed by atoms with Crippen molar-refractivity contribution < 1.29 is 5.11 Å². The lowest BCUT2D eigenvalue weighted by Gasteiger charge is -2.31. The van der Waals surface area contributed by atoms with Crippen molar-refractivity contribution in [3.8, 4) is 0 Å². The van der Waals surface area contributed by atoms with E-state index in [1.54, 1.807) is 11.3 Å². The van der Waals surface area contributed by atoms with E-state index in [9.17, 15) is 5.11 Å². The van der Waals surface area contributed by atoms with E-state index in [0.29, 0.717) is 0 Å². The van der Waals surface area contributed by atoms with Crippen molar-refractivity contribution in [3.63, 3.8) is 0 Å². The second kappa shape index (κ2) is 5.68. The second-order valence-electron chi connectivity index (χ2n) is 5.27. The average molecular weight is 260 g/mol. The lowest BCUT2D eigenvalue weighted by molar-refractivity contribution is 0.0916. The van der Waals surface area contributed by atoms with Gasteiger partial charge in [0, 0.05) is 5.41 Å². The van der Waals surface area contributed by atoms with Gasteiger partial charge in [-0.05, 0) is 40.8 Å². The predicted molar refractivity (Wildman–Crippen MR) is 78.1 cm³/mol. The SMILES string of the molecule is CC(C)(c1ccccc1)C(O)CCc1ccsc1. The van der Waals surface area contributed by atoms with Crippen LogP contribution in [0.3, 0.4) is 0 Å². The van der Waals surface area contributed by atoms with E-state index in [1.165, 1.54) is 11.1 Å². The minimum absolute atomic E-state index is 0.197. The van der Waals surface area contributed by atoms with E-state index in [4.69, 9.17) is 0 Å². The molecule has 0 bridgehead atoms. The molecule has 1 N–H and O–H groups in total. The highest BCUT2D eigenvalue weighted by Gasteiger charge is 2.29. The van der Waals surface area contributed by atoms with Gasteiger partial charge in [0.25, 0.3) is 0 Å². The molecule has 1 aromatic heterocycles. The Balaban J connectivity index is 2.01. The van der Waals surface area contributed by atoms with Gasteiger partial charge < -0.3 is 5.11 Å². The van der Waals surface area contributed by atoms with Gasteiger partial charge in [0.05, 0.1) is 6.10 Å². The maximum absolute atomic E-state index is 10.4. The summed E-state index contributed by atoms with van der Waals surface area (Å²) in [5.74, 6) is 0. The Kier molecular flexibility index (Phi) is 4.20. The molecule has 1 nitrogen and oxygen atoms in total. The topological polar surface area (TPSA) is 20.2 Å². The van der Waals surface area contributed by atoms with Crippen LogP contribution in [0.2, 0.25) is 0 Å². The molecule has 0 amide bonds. The minimum atomic E-state index is -0.320. The highest BCUT2D eigenvalue weighted by molar-refractivity contribution is 7.07. The van der Waals surface area contributed by atoms with Gasteiger partial charge in [-0.2, -0.15) is 11.3 Å². The summed E-state index contributed by atoms with van der Waals surface area (Å²) < 4.78 is 0. The summed E-state index contributed by atoms with van der Waals surface area (Å²) in [5, 5.41) is 14.7. The molecule has 96 valence electrons. The van der Waals surface area contributed by atoms with Crippen molar-refractivity contribution in [2.24, 2.45) is 0 Å². The first-order chi connectivity index (χ1) is 8.60. The van der Waals surface area contributed by atoms with E-state index in [-0.39, 0.29) is 11.5 Å². The first kappa shape index (κ1) is 13.3. The van der Waals surface area contributed by atoms with E-state index < -0.39 is 0 Å². The van der Waals surface area contributed by atoms with Crippen molar-refractivity contribution in [3.05, 3.63) is 58.3 Å². The molecule has 1 heterocycles. The fraction of sp³-hybridized carbons (Fsp3) is 0.375. The largest absolute Gasteiger partial charge is 0.392 e. The van der Waals surface area contributed by atoms with Crippen molar-refractivity contribution in [1.82, 2.24) is 0 Å². The molecule has 2 heteroatoms. The second-order valence-corrected chi connectivity index (χ2v) is 6.05. The number of rotatable bonds is 5. The first-order valence-corrected chi connectivity index (χ1v) is 7.29. The number of hydrogen-bond acceptors (Lipinski definition) is 2. The summed E-state index contributed by atoms with van der Waals surface area (Å²) in [4.78, 5) is 0. The average Bonchev–Trinajstić information content (AvgIpc) is 2.90. The molecule has 0 spiro atoms. The van der Waals surface area contributed by atoms with Gasteiger partial charge in [0.1, 0.15) is 0 Å². The molecule has 2 rings (SSSR count). The van der Waals surface area contributed by atoms with Crippen LogP contribution in [0.4, 0.5) is 0 Å². The zero-order valence-electron chi connectivity index (χ0n) is 11.0. The van der Waals surface area contributed by atoms with E-state index in [0.717, 1.165) is 12.8 Å². The normalized spacial score (nSPS) is 13.5. The molecular weight excluding hydrogens is 240 g/mol. The van der Waals surface area contributed by atoms with Crippen molar-refractivity contribution in [2.75, 3.05) is 0 Å². The quantitative estimate of drug-likeness (QED) is 0.861. The van der Waals surface area contributed by atoms with Gasteiger partial charge >= 0.3 is 0 Å². The molecule has 0 aliphatic rings. The van der Waals surface area contributed by atoms with E-state index >= 15 is 0 Å². The van der Waals surface area contributed by atoms with Gasteiger partial charge in [-0.3, -0.25) is 0 Å². The lowest BCUT2D eigenvalue weighted by Crippen LogP contribution is -2.33. The Morgan fingerprint density at radius 2 is 1.89 bits per heavy atom. The van der Waals surface area contributed by atoms with E-state index in [2.05, 4.69) is 42.8 Å². The predicted octanol–water partition coefficient (Wildman–Crippen LogP) is 4.02. The standard InChI is InChI=1S/C16H20OS/c1-16(2,14-6-4-3-5-7-14)15(17)9-8-13-10-11-18-12-13/h3-7,10-12,15,17H,8-9H2,1-2H3. The van der Waals surface area contributed by atoms with Crippen LogP contribution in [0, 0.1) is 0 Å². The van der Waals surface area contributed by atoms with Gasteiger partial charge in [0.2, 0.25) is 0 Å². The molecule has 0 radical (unpaired) electrons. The molecule has 1 aromatic carbocycles. The Morgan fingerprint density at radius 3 is 2.50 bits per heavy atom. The Bertz CT molecular complexity index is 459. The fourth-order valence-electron chi connectivity index (χ4n) is 2.16. The molecule has 0 saturated carbocycles. The van der Waals surface area contributed by atoms with Crippen LogP contribution in [0.1, 0.15) is 31.4 Å². The maximum Gasteiger partial charge on any atom is 0.0634 e. The highest BCUT2D eigenvalue weighted by Crippen LogP contribution is 2.29. The zero-order chi connectivity index (χ0) is 13.0. The fourth-order valence-corrected chi connectivity index (χ4v) is 2.86. The van der Waals surface area contributed by atoms with Crippen molar-refractivity contribution >= 4 is 11.3 Å². The Labute approximate surface area is 113 Å². The van der Waals surface area contributed by atoms with Gasteiger partial charge in [-0.1, -0.05) is 44.2 Å². The molecule has 18 heavy (non-hydrogen) atoms. The van der Waals surface area contributed by atoms with Crippen LogP contribution in [0.25, 0.3) is 0 Å². The minimum Gasteiger partial charge on any atom is -0.392 e. The summed E-state index contributed by atoms with van der Waals surface area (Å²) in [7, 11) is 0. The summed E-state index contributed by atoms with van der Waals surface area (Å²) in [6.07, 6.45) is 1.43. The Morgan fingerprint density at radius 1 is 1.17 bits per heavy atom. The number of aryl methyl sites for hydroxylation is 1. The number of hydrogen-bond donors (Lipinski definition) is 1. The van der Waals surface area contributed by atoms with Crippen LogP contribution >= 0.6 is 11.3 Å². The smallest absolute Gasteiger partial charge is 0.0634 e. The molecule has 2 aromatic rings. The molecule has 0 aliphatic carbocycles. The molecule has 0 fully saturated rings. The number of aliphatic hydroxyl groups is 1. The van der Waals surface area contributed by atoms with Crippen LogP contribution in [0.15, 0.2) is 47.2 Å². The summed E-state index contributed by atoms with van der Waals surface area (Å²) >= 11 is 1.71. The van der Waals surface area contributed by atoms with Gasteiger partial charge in [0.15, 0.2) is 0 Å². The maximum atomic E-state index is 10.4. The van der Waals surface area contributed by atoms with Gasteiger partial charge in [-0.25, -0.2) is 0 Å². The van der Waals surface area contributed by atoms with Crippen LogP contribution < -0.4 is 0 Å². The molecule has 1 atom stereocenters. The van der Waals surface area contributed by atoms with Crippen LogP contribution in [0.5, 0.6) is 0 Å². The van der Waals surface area contributed by atoms with Crippen molar-refractivity contribution in [2.45, 2.75) is 38.2 Å². The summed E-state index contributed by atoms with van der Waals surface area (Å²) in [5.41, 5.74) is 2.32. The first-order valence-electron chi connectivity index (χ1n) is 6.35. The van der Waals surface area contributed by atoms with E-state index in [1.807, 2.05) is 18.2 Å². The van der Waals surface area contributed by atoms with Crippen LogP contribution in [-0.4, -0.2) is 11.2 Å². The Hall–Kier alpha value is -1.12. The third-order valence-corrected chi connectivity index (χ3v) is 4.37. The molecule has 0 saturated heterocycles. The zero-order valence-corrected chi connectivity index (χ0v) is 11.8. The molecule has 0 aliphatic heterocycles. The third-order valence-electron chi connectivity index (χ3n) is 3.64. The monoisotopic (exact) mass is 260 g/mol. The highest BCUT2D eigenvalue weighted by atomic mass is 32.1. The third kappa shape index (κ3) is 3.01. The molecular formula is C16H20OS. The number of aliphatic hydroxyl groups excluding tert-OH is 1. The van der Waals surface area contributed by atoms with Crippen LogP contribution in [-0.2, 0) is 11.8 Å². The van der Waals surface area contributed by atoms with Crippen molar-refractivity contribution in [1.29, 1.82) is 0 Å². The van der Waals surface area contributed by atoms with Gasteiger partial charge in [-0.15, -0.1) is 0 Å².